The average molecular weight is 401 g/mol. The Morgan fingerprint density at radius 2 is 1.85 bits per heavy atom. The SMILES string of the molecule is CN(CC(=O)Nc1cccc(Cl)c1)C(=O)COc1cccc(C(F)(F)F)c1. The van der Waals surface area contributed by atoms with Crippen LogP contribution < -0.4 is 10.1 Å². The zero-order chi connectivity index (χ0) is 20.0. The van der Waals surface area contributed by atoms with Gasteiger partial charge in [0, 0.05) is 17.8 Å². The van der Waals surface area contributed by atoms with E-state index in [-0.39, 0.29) is 12.3 Å². The lowest BCUT2D eigenvalue weighted by Crippen LogP contribution is -2.37. The Hall–Kier alpha value is -2.74. The van der Waals surface area contributed by atoms with Gasteiger partial charge in [0.15, 0.2) is 6.61 Å². The summed E-state index contributed by atoms with van der Waals surface area (Å²) in [4.78, 5) is 25.1. The Morgan fingerprint density at radius 3 is 2.52 bits per heavy atom. The quantitative estimate of drug-likeness (QED) is 0.801. The molecule has 5 nitrogen and oxygen atoms in total. The second kappa shape index (κ2) is 8.77. The van der Waals surface area contributed by atoms with Crippen LogP contribution in [0.25, 0.3) is 0 Å². The molecule has 0 saturated carbocycles. The maximum absolute atomic E-state index is 12.7. The largest absolute Gasteiger partial charge is 0.484 e. The van der Waals surface area contributed by atoms with Crippen LogP contribution in [0.4, 0.5) is 18.9 Å². The van der Waals surface area contributed by atoms with Crippen molar-refractivity contribution < 1.29 is 27.5 Å². The number of carbonyl (C=O) groups is 2. The molecule has 0 heterocycles. The molecule has 0 aliphatic heterocycles. The van der Waals surface area contributed by atoms with Crippen molar-refractivity contribution >= 4 is 29.1 Å². The summed E-state index contributed by atoms with van der Waals surface area (Å²) in [6.07, 6.45) is -4.50. The minimum atomic E-state index is -4.50. The molecule has 0 bridgehead atoms. The molecule has 9 heteroatoms. The standard InChI is InChI=1S/C18H16ClF3N2O3/c1-24(10-16(25)23-14-6-3-5-13(19)9-14)17(26)11-27-15-7-2-4-12(8-15)18(20,21)22/h2-9H,10-11H2,1H3,(H,23,25). The second-order valence-corrected chi connectivity index (χ2v) is 6.06. The first-order chi connectivity index (χ1) is 12.6. The topological polar surface area (TPSA) is 58.6 Å². The molecule has 0 radical (unpaired) electrons. The summed E-state index contributed by atoms with van der Waals surface area (Å²) in [5.74, 6) is -1.10. The number of carbonyl (C=O) groups excluding carboxylic acids is 2. The van der Waals surface area contributed by atoms with E-state index in [1.165, 1.54) is 19.2 Å². The van der Waals surface area contributed by atoms with E-state index in [1.807, 2.05) is 0 Å². The average Bonchev–Trinajstić information content (AvgIpc) is 2.59. The van der Waals surface area contributed by atoms with Crippen molar-refractivity contribution in [1.29, 1.82) is 0 Å². The van der Waals surface area contributed by atoms with Crippen molar-refractivity contribution in [3.8, 4) is 5.75 Å². The summed E-state index contributed by atoms with van der Waals surface area (Å²) in [5, 5.41) is 3.03. The van der Waals surface area contributed by atoms with Crippen molar-refractivity contribution in [2.75, 3.05) is 25.5 Å². The third-order valence-corrected chi connectivity index (χ3v) is 3.67. The van der Waals surface area contributed by atoms with E-state index in [2.05, 4.69) is 5.32 Å². The highest BCUT2D eigenvalue weighted by Gasteiger charge is 2.30. The predicted octanol–water partition coefficient (Wildman–Crippen LogP) is 3.83. The van der Waals surface area contributed by atoms with E-state index in [0.29, 0.717) is 10.7 Å². The van der Waals surface area contributed by atoms with Crippen molar-refractivity contribution in [3.63, 3.8) is 0 Å². The lowest BCUT2D eigenvalue weighted by Gasteiger charge is -2.17. The molecule has 0 aliphatic carbocycles. The number of rotatable bonds is 6. The van der Waals surface area contributed by atoms with Crippen LogP contribution in [0, 0.1) is 0 Å². The predicted molar refractivity (Wildman–Crippen MR) is 94.7 cm³/mol. The molecule has 1 N–H and O–H groups in total. The maximum atomic E-state index is 12.7. The van der Waals surface area contributed by atoms with Gasteiger partial charge in [-0.15, -0.1) is 0 Å². The summed E-state index contributed by atoms with van der Waals surface area (Å²) in [7, 11) is 1.38. The number of amides is 2. The fourth-order valence-corrected chi connectivity index (χ4v) is 2.28. The third-order valence-electron chi connectivity index (χ3n) is 3.44. The van der Waals surface area contributed by atoms with E-state index in [0.717, 1.165) is 17.0 Å². The number of nitrogens with zero attached hydrogens (tertiary/aromatic N) is 1. The van der Waals surface area contributed by atoms with Crippen molar-refractivity contribution in [2.24, 2.45) is 0 Å². The molecule has 2 aromatic rings. The number of alkyl halides is 3. The number of hydrogen-bond donors (Lipinski definition) is 1. The van der Waals surface area contributed by atoms with Gasteiger partial charge in [-0.1, -0.05) is 23.7 Å². The zero-order valence-corrected chi connectivity index (χ0v) is 15.0. The van der Waals surface area contributed by atoms with Crippen LogP contribution in [0.3, 0.4) is 0 Å². The molecule has 2 rings (SSSR count). The minimum Gasteiger partial charge on any atom is -0.484 e. The number of ether oxygens (including phenoxy) is 1. The van der Waals surface area contributed by atoms with Gasteiger partial charge in [-0.25, -0.2) is 0 Å². The lowest BCUT2D eigenvalue weighted by atomic mass is 10.2. The molecule has 0 unspecified atom stereocenters. The molecule has 0 fully saturated rings. The fourth-order valence-electron chi connectivity index (χ4n) is 2.09. The van der Waals surface area contributed by atoms with Crippen LogP contribution in [0.5, 0.6) is 5.75 Å². The molecule has 0 spiro atoms. The molecule has 0 aliphatic rings. The number of likely N-dealkylation sites (N-methyl/N-ethyl adjacent to an activating group) is 1. The van der Waals surface area contributed by atoms with Gasteiger partial charge in [0.05, 0.1) is 12.1 Å². The van der Waals surface area contributed by atoms with Gasteiger partial charge < -0.3 is 15.0 Å². The minimum absolute atomic E-state index is 0.0880. The van der Waals surface area contributed by atoms with Gasteiger partial charge in [0.25, 0.3) is 5.91 Å². The summed E-state index contributed by atoms with van der Waals surface area (Å²) in [6, 6.07) is 10.7. The number of nitrogens with one attached hydrogen (secondary N) is 1. The normalized spacial score (nSPS) is 11.0. The van der Waals surface area contributed by atoms with E-state index in [9.17, 15) is 22.8 Å². The highest BCUT2D eigenvalue weighted by molar-refractivity contribution is 6.30. The lowest BCUT2D eigenvalue weighted by molar-refractivity contribution is -0.137. The molecule has 2 amide bonds. The first-order valence-corrected chi connectivity index (χ1v) is 8.12. The highest BCUT2D eigenvalue weighted by atomic mass is 35.5. The Kier molecular flexibility index (Phi) is 6.68. The Bertz CT molecular complexity index is 827. The second-order valence-electron chi connectivity index (χ2n) is 5.62. The van der Waals surface area contributed by atoms with Gasteiger partial charge in [-0.2, -0.15) is 13.2 Å². The van der Waals surface area contributed by atoms with E-state index in [4.69, 9.17) is 16.3 Å². The van der Waals surface area contributed by atoms with Crippen LogP contribution in [0.2, 0.25) is 5.02 Å². The van der Waals surface area contributed by atoms with Crippen LogP contribution in [-0.2, 0) is 15.8 Å². The fraction of sp³-hybridized carbons (Fsp3) is 0.222. The van der Waals surface area contributed by atoms with Crippen molar-refractivity contribution in [3.05, 3.63) is 59.1 Å². The van der Waals surface area contributed by atoms with Gasteiger partial charge in [0.1, 0.15) is 5.75 Å². The summed E-state index contributed by atoms with van der Waals surface area (Å²) in [6.45, 7) is -0.750. The molecule has 0 aromatic heterocycles. The van der Waals surface area contributed by atoms with Crippen molar-refractivity contribution in [1.82, 2.24) is 4.90 Å². The summed E-state index contributed by atoms with van der Waals surface area (Å²) in [5.41, 5.74) is -0.393. The molecule has 144 valence electrons. The summed E-state index contributed by atoms with van der Waals surface area (Å²) < 4.78 is 43.1. The van der Waals surface area contributed by atoms with Gasteiger partial charge in [-0.3, -0.25) is 9.59 Å². The molecular weight excluding hydrogens is 385 g/mol. The smallest absolute Gasteiger partial charge is 0.416 e. The van der Waals surface area contributed by atoms with Gasteiger partial charge in [-0.05, 0) is 36.4 Å². The Labute approximate surface area is 158 Å². The maximum Gasteiger partial charge on any atom is 0.416 e. The molecular formula is C18H16ClF3N2O3. The number of hydrogen-bond acceptors (Lipinski definition) is 3. The van der Waals surface area contributed by atoms with Crippen molar-refractivity contribution in [2.45, 2.75) is 6.18 Å². The van der Waals surface area contributed by atoms with Crippen LogP contribution in [0.1, 0.15) is 5.56 Å². The van der Waals surface area contributed by atoms with E-state index >= 15 is 0 Å². The van der Waals surface area contributed by atoms with E-state index in [1.54, 1.807) is 24.3 Å². The Morgan fingerprint density at radius 1 is 1.15 bits per heavy atom. The number of benzene rings is 2. The monoisotopic (exact) mass is 400 g/mol. The third kappa shape index (κ3) is 6.49. The van der Waals surface area contributed by atoms with Crippen LogP contribution >= 0.6 is 11.6 Å². The number of anilines is 1. The van der Waals surface area contributed by atoms with Gasteiger partial charge >= 0.3 is 6.18 Å². The molecule has 0 atom stereocenters. The molecule has 27 heavy (non-hydrogen) atoms. The first-order valence-electron chi connectivity index (χ1n) is 7.74. The molecule has 0 saturated heterocycles. The van der Waals surface area contributed by atoms with Crippen LogP contribution in [0.15, 0.2) is 48.5 Å². The van der Waals surface area contributed by atoms with E-state index < -0.39 is 30.2 Å². The molecule has 2 aromatic carbocycles. The highest BCUT2D eigenvalue weighted by Crippen LogP contribution is 2.31. The summed E-state index contributed by atoms with van der Waals surface area (Å²) >= 11 is 5.82. The van der Waals surface area contributed by atoms with Gasteiger partial charge in [0.2, 0.25) is 5.91 Å². The van der Waals surface area contributed by atoms with Crippen LogP contribution in [-0.4, -0.2) is 36.9 Å². The first kappa shape index (κ1) is 20.6. The Balaban J connectivity index is 1.86. The zero-order valence-electron chi connectivity index (χ0n) is 14.2. The number of halogens is 4.